The summed E-state index contributed by atoms with van der Waals surface area (Å²) >= 11 is 6.42. The van der Waals surface area contributed by atoms with E-state index in [1.54, 1.807) is 24.3 Å². The first-order valence-corrected chi connectivity index (χ1v) is 13.1. The zero-order chi connectivity index (χ0) is 26.7. The van der Waals surface area contributed by atoms with Crippen LogP contribution in [0.4, 0.5) is 4.39 Å². The number of rotatable bonds is 8. The summed E-state index contributed by atoms with van der Waals surface area (Å²) in [5, 5.41) is 10.4. The van der Waals surface area contributed by atoms with Gasteiger partial charge in [0.15, 0.2) is 0 Å². The molecular weight excluding hydrogens is 489 g/mol. The number of allylic oxidation sites excluding steroid dienone is 5. The zero-order valence-electron chi connectivity index (χ0n) is 21.9. The molecular formula is C31H35ClFNO3. The minimum atomic E-state index is -0.508. The molecule has 4 rings (SSSR count). The predicted octanol–water partition coefficient (Wildman–Crippen LogP) is 7.96. The van der Waals surface area contributed by atoms with Gasteiger partial charge >= 0.3 is 0 Å². The number of likely N-dealkylation sites (tertiary alicyclic amines) is 1. The highest BCUT2D eigenvalue weighted by Crippen LogP contribution is 2.47. The Balaban J connectivity index is 1.64. The van der Waals surface area contributed by atoms with Crippen LogP contribution in [-0.2, 0) is 0 Å². The van der Waals surface area contributed by atoms with E-state index in [0.717, 1.165) is 47.0 Å². The number of phenolic OH excluding ortho intramolecular Hbond substituents is 1. The molecule has 6 heteroatoms. The number of aromatic hydroxyl groups is 1. The number of hydrogen-bond acceptors (Lipinski definition) is 4. The third-order valence-electron chi connectivity index (χ3n) is 7.09. The van der Waals surface area contributed by atoms with Gasteiger partial charge in [-0.3, -0.25) is 4.90 Å². The summed E-state index contributed by atoms with van der Waals surface area (Å²) in [7, 11) is 0. The van der Waals surface area contributed by atoms with E-state index in [1.807, 2.05) is 31.2 Å². The maximum atomic E-state index is 13.6. The van der Waals surface area contributed by atoms with Crippen molar-refractivity contribution in [3.63, 3.8) is 0 Å². The second-order valence-electron chi connectivity index (χ2n) is 10.1. The number of halogens is 2. The maximum Gasteiger partial charge on any atom is 0.150 e. The van der Waals surface area contributed by atoms with E-state index in [-0.39, 0.29) is 16.6 Å². The molecule has 2 aliphatic heterocycles. The fourth-order valence-corrected chi connectivity index (χ4v) is 5.14. The summed E-state index contributed by atoms with van der Waals surface area (Å²) in [5.74, 6) is 1.96. The lowest BCUT2D eigenvalue weighted by molar-refractivity contribution is 0.169. The van der Waals surface area contributed by atoms with Gasteiger partial charge < -0.3 is 14.6 Å². The lowest BCUT2D eigenvalue weighted by atomic mass is 9.85. The van der Waals surface area contributed by atoms with Crippen LogP contribution < -0.4 is 9.47 Å². The van der Waals surface area contributed by atoms with Gasteiger partial charge in [0.1, 0.15) is 30.0 Å². The molecule has 0 saturated carbocycles. The number of nitrogens with zero attached hydrogens (tertiary/aromatic N) is 1. The van der Waals surface area contributed by atoms with E-state index in [1.165, 1.54) is 19.4 Å². The number of phenols is 1. The van der Waals surface area contributed by atoms with Crippen LogP contribution in [0.1, 0.15) is 51.3 Å². The van der Waals surface area contributed by atoms with Gasteiger partial charge in [0.2, 0.25) is 0 Å². The molecule has 2 aromatic carbocycles. The molecule has 2 aromatic rings. The van der Waals surface area contributed by atoms with Crippen LogP contribution in [0, 0.1) is 5.92 Å². The summed E-state index contributed by atoms with van der Waals surface area (Å²) in [6, 6.07) is 13.2. The Labute approximate surface area is 224 Å². The summed E-state index contributed by atoms with van der Waals surface area (Å²) in [4.78, 5) is 2.48. The Kier molecular flexibility index (Phi) is 8.46. The van der Waals surface area contributed by atoms with Crippen molar-refractivity contribution < 1.29 is 19.0 Å². The van der Waals surface area contributed by atoms with Crippen molar-refractivity contribution in [2.75, 3.05) is 19.7 Å². The van der Waals surface area contributed by atoms with E-state index in [9.17, 15) is 9.50 Å². The highest BCUT2D eigenvalue weighted by molar-refractivity contribution is 6.32. The summed E-state index contributed by atoms with van der Waals surface area (Å²) in [6.45, 7) is 14.6. The zero-order valence-corrected chi connectivity index (χ0v) is 22.7. The van der Waals surface area contributed by atoms with Crippen molar-refractivity contribution in [1.82, 2.24) is 4.90 Å². The molecule has 1 saturated heterocycles. The van der Waals surface area contributed by atoms with Gasteiger partial charge in [-0.1, -0.05) is 43.3 Å². The summed E-state index contributed by atoms with van der Waals surface area (Å²) in [5.41, 5.74) is 3.85. The molecule has 0 bridgehead atoms. The van der Waals surface area contributed by atoms with E-state index < -0.39 is 6.10 Å². The quantitative estimate of drug-likeness (QED) is 0.356. The summed E-state index contributed by atoms with van der Waals surface area (Å²) < 4.78 is 26.2. The minimum absolute atomic E-state index is 0.133. The third kappa shape index (κ3) is 6.28. The predicted molar refractivity (Wildman–Crippen MR) is 149 cm³/mol. The number of fused-ring (bicyclic) bond motifs is 1. The van der Waals surface area contributed by atoms with Gasteiger partial charge in [-0.05, 0) is 87.2 Å². The Morgan fingerprint density at radius 1 is 1.27 bits per heavy atom. The molecule has 0 amide bonds. The molecule has 0 radical (unpaired) electrons. The maximum absolute atomic E-state index is 13.6. The smallest absolute Gasteiger partial charge is 0.150 e. The fourth-order valence-electron chi connectivity index (χ4n) is 4.97. The molecule has 3 atom stereocenters. The van der Waals surface area contributed by atoms with E-state index >= 15 is 0 Å². The minimum Gasteiger partial charge on any atom is -0.508 e. The van der Waals surface area contributed by atoms with Crippen molar-refractivity contribution in [2.45, 2.75) is 46.3 Å². The molecule has 1 fully saturated rings. The normalized spacial score (nSPS) is 21.5. The van der Waals surface area contributed by atoms with Crippen molar-refractivity contribution in [3.05, 3.63) is 94.3 Å². The number of hydrogen-bond donors (Lipinski definition) is 1. The third-order valence-corrected chi connectivity index (χ3v) is 7.30. The first-order valence-electron chi connectivity index (χ1n) is 12.7. The first-order chi connectivity index (χ1) is 17.6. The second-order valence-corrected chi connectivity index (χ2v) is 10.5. The molecule has 37 heavy (non-hydrogen) atoms. The second kappa shape index (κ2) is 11.6. The van der Waals surface area contributed by atoms with E-state index in [2.05, 4.69) is 25.3 Å². The van der Waals surface area contributed by atoms with Gasteiger partial charge in [0.25, 0.3) is 0 Å². The highest BCUT2D eigenvalue weighted by atomic mass is 35.5. The monoisotopic (exact) mass is 523 g/mol. The Morgan fingerprint density at radius 3 is 2.62 bits per heavy atom. The van der Waals surface area contributed by atoms with E-state index in [0.29, 0.717) is 24.0 Å². The van der Waals surface area contributed by atoms with Gasteiger partial charge in [-0.15, -0.1) is 0 Å². The molecule has 1 N–H and O–H groups in total. The van der Waals surface area contributed by atoms with Gasteiger partial charge in [-0.25, -0.2) is 4.39 Å². The van der Waals surface area contributed by atoms with E-state index in [4.69, 9.17) is 21.1 Å². The molecule has 0 aromatic heterocycles. The molecule has 0 spiro atoms. The molecule has 196 valence electrons. The highest BCUT2D eigenvalue weighted by Gasteiger charge is 2.31. The van der Waals surface area contributed by atoms with Crippen molar-refractivity contribution in [1.29, 1.82) is 0 Å². The van der Waals surface area contributed by atoms with Gasteiger partial charge in [-0.2, -0.15) is 0 Å². The number of ether oxygens (including phenoxy) is 2. The molecule has 4 nitrogen and oxygen atoms in total. The number of benzene rings is 2. The van der Waals surface area contributed by atoms with Crippen molar-refractivity contribution >= 4 is 17.2 Å². The average molecular weight is 524 g/mol. The lowest BCUT2D eigenvalue weighted by Crippen LogP contribution is -2.35. The van der Waals surface area contributed by atoms with Crippen molar-refractivity contribution in [2.24, 2.45) is 5.92 Å². The van der Waals surface area contributed by atoms with Crippen molar-refractivity contribution in [3.8, 4) is 17.2 Å². The van der Waals surface area contributed by atoms with Crippen LogP contribution in [0.3, 0.4) is 0 Å². The SMILES string of the molecule is C=C(Cl)/C(=C\C=C(/C)F)C1=C(C)c2cc(O)ccc2OC1c1ccc(OC[C@H](C)N2CC[C@@H](C)C2)cc1. The lowest BCUT2D eigenvalue weighted by Gasteiger charge is -2.32. The molecule has 2 heterocycles. The van der Waals surface area contributed by atoms with Gasteiger partial charge in [0, 0.05) is 34.3 Å². The van der Waals surface area contributed by atoms with Crippen LogP contribution in [0.5, 0.6) is 17.2 Å². The first kappa shape index (κ1) is 27.0. The van der Waals surface area contributed by atoms with Crippen LogP contribution in [0.15, 0.2) is 83.2 Å². The van der Waals surface area contributed by atoms with Gasteiger partial charge in [0.05, 0.1) is 5.83 Å². The molecule has 1 unspecified atom stereocenters. The summed E-state index contributed by atoms with van der Waals surface area (Å²) in [6.07, 6.45) is 3.71. The largest absolute Gasteiger partial charge is 0.508 e. The standard InChI is InChI=1S/C31H35ClFNO3/c1-19-14-15-34(17-19)21(3)18-36-26-10-7-24(8-11-26)31-30(27(23(5)32)12-6-20(2)33)22(4)28-16-25(35)9-13-29(28)37-31/h6-13,16,19,21,31,35H,5,14-15,17-18H2,1-4H3/b20-6+,27-12+/t19-,21+,31?/m1/s1. The van der Waals surface area contributed by atoms with Crippen LogP contribution in [0.25, 0.3) is 5.57 Å². The Morgan fingerprint density at radius 2 is 2.00 bits per heavy atom. The van der Waals surface area contributed by atoms with Crippen LogP contribution in [0.2, 0.25) is 0 Å². The molecule has 2 aliphatic rings. The Hall–Kier alpha value is -3.02. The molecule has 0 aliphatic carbocycles. The average Bonchev–Trinajstić information content (AvgIpc) is 3.30. The Bertz CT molecular complexity index is 1240. The van der Waals surface area contributed by atoms with Crippen LogP contribution >= 0.6 is 11.6 Å². The topological polar surface area (TPSA) is 41.9 Å². The fraction of sp³-hybridized carbons (Fsp3) is 0.355. The van der Waals surface area contributed by atoms with Crippen LogP contribution in [-0.4, -0.2) is 35.7 Å².